The second-order valence-electron chi connectivity index (χ2n) is 6.07. The van der Waals surface area contributed by atoms with Crippen molar-refractivity contribution >= 4 is 11.6 Å². The smallest absolute Gasteiger partial charge is 0.429 e. The van der Waals surface area contributed by atoms with Gasteiger partial charge in [0, 0.05) is 11.6 Å². The van der Waals surface area contributed by atoms with Gasteiger partial charge in [-0.05, 0) is 48.4 Å². The molecule has 0 spiro atoms. The molecule has 0 aliphatic heterocycles. The standard InChI is InChI=1S/C20H10ClF7O/c1-9-2-5-13(18(25)17(9)21)20(27,28)29-11-3-4-12(14(22)8-11)10-6-15(23)19(26)16(24)7-10/h2-8H,1H3. The molecule has 0 atom stereocenters. The zero-order valence-corrected chi connectivity index (χ0v) is 15.2. The molecule has 0 saturated carbocycles. The lowest BCUT2D eigenvalue weighted by atomic mass is 10.0. The van der Waals surface area contributed by atoms with Crippen LogP contribution in [0.15, 0.2) is 42.5 Å². The van der Waals surface area contributed by atoms with Gasteiger partial charge in [-0.25, -0.2) is 22.0 Å². The van der Waals surface area contributed by atoms with Crippen molar-refractivity contribution in [1.29, 1.82) is 0 Å². The third kappa shape index (κ3) is 4.03. The number of rotatable bonds is 4. The van der Waals surface area contributed by atoms with Crippen molar-refractivity contribution in [3.63, 3.8) is 0 Å². The zero-order chi connectivity index (χ0) is 21.5. The minimum absolute atomic E-state index is 0.234. The van der Waals surface area contributed by atoms with Crippen LogP contribution in [0.5, 0.6) is 5.75 Å². The Bertz CT molecular complexity index is 1080. The first-order valence-electron chi connectivity index (χ1n) is 7.97. The topological polar surface area (TPSA) is 9.23 Å². The number of benzene rings is 3. The van der Waals surface area contributed by atoms with Gasteiger partial charge in [0.1, 0.15) is 17.1 Å². The minimum atomic E-state index is -4.19. The number of hydrogen-bond donors (Lipinski definition) is 0. The predicted molar refractivity (Wildman–Crippen MR) is 92.4 cm³/mol. The average molecular weight is 435 g/mol. The molecule has 3 aromatic rings. The summed E-state index contributed by atoms with van der Waals surface area (Å²) in [5.41, 5.74) is -1.66. The first kappa shape index (κ1) is 21.0. The van der Waals surface area contributed by atoms with E-state index in [1.54, 1.807) is 0 Å². The number of aryl methyl sites for hydroxylation is 1. The normalized spacial score (nSPS) is 11.6. The number of alkyl halides is 2. The molecule has 0 aliphatic carbocycles. The highest BCUT2D eigenvalue weighted by atomic mass is 35.5. The molecule has 0 unspecified atom stereocenters. The maximum absolute atomic E-state index is 14.3. The van der Waals surface area contributed by atoms with Crippen LogP contribution in [-0.2, 0) is 6.11 Å². The van der Waals surface area contributed by atoms with Crippen LogP contribution in [0.3, 0.4) is 0 Å². The number of ether oxygens (including phenoxy) is 1. The van der Waals surface area contributed by atoms with Crippen LogP contribution in [0.25, 0.3) is 11.1 Å². The fourth-order valence-corrected chi connectivity index (χ4v) is 2.74. The van der Waals surface area contributed by atoms with Crippen LogP contribution >= 0.6 is 11.6 Å². The molecular weight excluding hydrogens is 425 g/mol. The molecule has 0 bridgehead atoms. The molecule has 3 aromatic carbocycles. The van der Waals surface area contributed by atoms with Gasteiger partial charge in [0.25, 0.3) is 0 Å². The Kier molecular flexibility index (Phi) is 5.49. The van der Waals surface area contributed by atoms with Crippen molar-refractivity contribution < 1.29 is 35.5 Å². The molecule has 0 N–H and O–H groups in total. The van der Waals surface area contributed by atoms with Crippen LogP contribution in [0.2, 0.25) is 5.02 Å². The van der Waals surface area contributed by atoms with Crippen LogP contribution in [0.1, 0.15) is 11.1 Å². The maximum Gasteiger partial charge on any atom is 0.429 e. The summed E-state index contributed by atoms with van der Waals surface area (Å²) in [7, 11) is 0. The molecule has 0 heterocycles. The molecule has 1 nitrogen and oxygen atoms in total. The molecule has 0 saturated heterocycles. The summed E-state index contributed by atoms with van der Waals surface area (Å²) in [4.78, 5) is 0. The lowest BCUT2D eigenvalue weighted by Crippen LogP contribution is -2.23. The van der Waals surface area contributed by atoms with Gasteiger partial charge in [-0.2, -0.15) is 8.78 Å². The van der Waals surface area contributed by atoms with Crippen LogP contribution < -0.4 is 4.74 Å². The van der Waals surface area contributed by atoms with E-state index in [2.05, 4.69) is 4.74 Å². The molecule has 0 amide bonds. The zero-order valence-electron chi connectivity index (χ0n) is 14.5. The summed E-state index contributed by atoms with van der Waals surface area (Å²) >= 11 is 5.63. The fourth-order valence-electron chi connectivity index (χ4n) is 2.58. The molecule has 152 valence electrons. The fraction of sp³-hybridized carbons (Fsp3) is 0.100. The molecule has 0 aromatic heterocycles. The third-order valence-corrected chi connectivity index (χ3v) is 4.53. The highest BCUT2D eigenvalue weighted by molar-refractivity contribution is 6.31. The molecular formula is C20H10ClF7O. The van der Waals surface area contributed by atoms with Gasteiger partial charge in [-0.1, -0.05) is 17.7 Å². The summed E-state index contributed by atoms with van der Waals surface area (Å²) in [5, 5.41) is -0.507. The lowest BCUT2D eigenvalue weighted by molar-refractivity contribution is -0.187. The third-order valence-electron chi connectivity index (χ3n) is 4.07. The van der Waals surface area contributed by atoms with Crippen molar-refractivity contribution in [2.45, 2.75) is 13.0 Å². The first-order valence-corrected chi connectivity index (χ1v) is 8.35. The number of halogens is 8. The van der Waals surface area contributed by atoms with E-state index >= 15 is 0 Å². The SMILES string of the molecule is Cc1ccc(C(F)(F)Oc2ccc(-c3cc(F)c(F)c(F)c3)c(F)c2)c(F)c1Cl. The molecule has 9 heteroatoms. The van der Waals surface area contributed by atoms with Crippen LogP contribution in [-0.4, -0.2) is 0 Å². The Morgan fingerprint density at radius 1 is 0.793 bits per heavy atom. The van der Waals surface area contributed by atoms with E-state index in [1.165, 1.54) is 13.0 Å². The lowest BCUT2D eigenvalue weighted by Gasteiger charge is -2.20. The second-order valence-corrected chi connectivity index (χ2v) is 6.45. The minimum Gasteiger partial charge on any atom is -0.429 e. The molecule has 3 rings (SSSR count). The van der Waals surface area contributed by atoms with Gasteiger partial charge in [0.15, 0.2) is 23.3 Å². The van der Waals surface area contributed by atoms with E-state index in [1.807, 2.05) is 0 Å². The van der Waals surface area contributed by atoms with E-state index in [0.717, 1.165) is 18.2 Å². The highest BCUT2D eigenvalue weighted by Crippen LogP contribution is 2.37. The summed E-state index contributed by atoms with van der Waals surface area (Å²) in [6.07, 6.45) is -4.19. The summed E-state index contributed by atoms with van der Waals surface area (Å²) in [6.45, 7) is 1.42. The van der Waals surface area contributed by atoms with Gasteiger partial charge in [0.2, 0.25) is 0 Å². The Balaban J connectivity index is 1.94. The second kappa shape index (κ2) is 7.59. The van der Waals surface area contributed by atoms with Crippen molar-refractivity contribution in [2.75, 3.05) is 0 Å². The van der Waals surface area contributed by atoms with Gasteiger partial charge in [-0.3, -0.25) is 0 Å². The van der Waals surface area contributed by atoms with Gasteiger partial charge in [-0.15, -0.1) is 0 Å². The van der Waals surface area contributed by atoms with E-state index in [4.69, 9.17) is 11.6 Å². The number of hydrogen-bond acceptors (Lipinski definition) is 1. The summed E-state index contributed by atoms with van der Waals surface area (Å²) in [5.74, 6) is -8.06. The van der Waals surface area contributed by atoms with Gasteiger partial charge in [0.05, 0.1) is 5.02 Å². The monoisotopic (exact) mass is 434 g/mol. The highest BCUT2D eigenvalue weighted by Gasteiger charge is 2.39. The van der Waals surface area contributed by atoms with Crippen molar-refractivity contribution in [3.05, 3.63) is 87.7 Å². The maximum atomic E-state index is 14.3. The summed E-state index contributed by atoms with van der Waals surface area (Å²) in [6, 6.07) is 5.37. The molecule has 0 radical (unpaired) electrons. The Hall–Kier alpha value is -2.74. The van der Waals surface area contributed by atoms with E-state index in [9.17, 15) is 30.7 Å². The Morgan fingerprint density at radius 2 is 1.41 bits per heavy atom. The quantitative estimate of drug-likeness (QED) is 0.313. The molecule has 0 fully saturated rings. The predicted octanol–water partition coefficient (Wildman–Crippen LogP) is 7.14. The molecule has 29 heavy (non-hydrogen) atoms. The van der Waals surface area contributed by atoms with Gasteiger partial charge >= 0.3 is 6.11 Å². The van der Waals surface area contributed by atoms with Crippen LogP contribution in [0, 0.1) is 36.0 Å². The first-order chi connectivity index (χ1) is 13.5. The largest absolute Gasteiger partial charge is 0.429 e. The van der Waals surface area contributed by atoms with E-state index in [0.29, 0.717) is 18.2 Å². The average Bonchev–Trinajstić information content (AvgIpc) is 2.63. The molecule has 0 aliphatic rings. The van der Waals surface area contributed by atoms with Crippen molar-refractivity contribution in [3.8, 4) is 16.9 Å². The Labute approximate surface area is 165 Å². The van der Waals surface area contributed by atoms with E-state index in [-0.39, 0.29) is 16.7 Å². The van der Waals surface area contributed by atoms with Gasteiger partial charge < -0.3 is 4.74 Å². The van der Waals surface area contributed by atoms with Crippen LogP contribution in [0.4, 0.5) is 30.7 Å². The Morgan fingerprint density at radius 3 is 2.00 bits per heavy atom. The van der Waals surface area contributed by atoms with E-state index < -0.39 is 51.5 Å². The van der Waals surface area contributed by atoms with Crippen molar-refractivity contribution in [2.24, 2.45) is 0 Å². The summed E-state index contributed by atoms with van der Waals surface area (Å²) < 4.78 is 101. The van der Waals surface area contributed by atoms with Crippen molar-refractivity contribution in [1.82, 2.24) is 0 Å².